The first-order valence-electron chi connectivity index (χ1n) is 7.24. The van der Waals surface area contributed by atoms with Crippen molar-refractivity contribution < 1.29 is 9.53 Å². The number of ether oxygens (including phenoxy) is 1. The highest BCUT2D eigenvalue weighted by Crippen LogP contribution is 2.28. The van der Waals surface area contributed by atoms with E-state index in [0.29, 0.717) is 16.5 Å². The van der Waals surface area contributed by atoms with E-state index in [9.17, 15) is 4.79 Å². The van der Waals surface area contributed by atoms with E-state index in [0.717, 1.165) is 5.56 Å². The molecule has 0 aliphatic carbocycles. The Morgan fingerprint density at radius 2 is 1.96 bits per heavy atom. The molecule has 3 aromatic rings. The number of aryl methyl sites for hydroxylation is 1. The average molecular weight is 340 g/mol. The molecule has 3 rings (SSSR count). The van der Waals surface area contributed by atoms with Gasteiger partial charge in [-0.15, -0.1) is 0 Å². The summed E-state index contributed by atoms with van der Waals surface area (Å²) < 4.78 is 5.78. The minimum absolute atomic E-state index is 0.170. The number of hydrogen-bond donors (Lipinski definition) is 1. The lowest BCUT2D eigenvalue weighted by molar-refractivity contribution is 0.102. The van der Waals surface area contributed by atoms with E-state index >= 15 is 0 Å². The summed E-state index contributed by atoms with van der Waals surface area (Å²) >= 11 is 6.00. The second-order valence-electron chi connectivity index (χ2n) is 5.07. The summed E-state index contributed by atoms with van der Waals surface area (Å²) in [5.74, 6) is 0.357. The number of anilines is 1. The molecule has 0 spiro atoms. The van der Waals surface area contributed by atoms with Crippen LogP contribution in [0.15, 0.2) is 61.1 Å². The smallest absolute Gasteiger partial charge is 0.262 e. The molecule has 0 fully saturated rings. The predicted octanol–water partition coefficient (Wildman–Crippen LogP) is 4.48. The molecule has 0 bridgehead atoms. The molecule has 1 heterocycles. The molecule has 0 atom stereocenters. The molecule has 1 aromatic heterocycles. The molecule has 0 radical (unpaired) electrons. The molecule has 6 heteroatoms. The molecule has 0 aliphatic heterocycles. The Labute approximate surface area is 144 Å². The van der Waals surface area contributed by atoms with Crippen molar-refractivity contribution in [1.82, 2.24) is 9.97 Å². The summed E-state index contributed by atoms with van der Waals surface area (Å²) in [7, 11) is 0. The average Bonchev–Trinajstić information content (AvgIpc) is 2.59. The molecule has 0 aliphatic rings. The second kappa shape index (κ2) is 7.10. The van der Waals surface area contributed by atoms with Crippen molar-refractivity contribution in [1.29, 1.82) is 0 Å². The maximum absolute atomic E-state index is 12.5. The highest BCUT2D eigenvalue weighted by Gasteiger charge is 2.16. The minimum atomic E-state index is -0.350. The van der Waals surface area contributed by atoms with Crippen LogP contribution >= 0.6 is 11.6 Å². The van der Waals surface area contributed by atoms with Gasteiger partial charge >= 0.3 is 0 Å². The zero-order valence-corrected chi connectivity index (χ0v) is 13.6. The van der Waals surface area contributed by atoms with E-state index in [-0.39, 0.29) is 17.4 Å². The monoisotopic (exact) mass is 339 g/mol. The van der Waals surface area contributed by atoms with Crippen molar-refractivity contribution in [3.05, 3.63) is 77.2 Å². The van der Waals surface area contributed by atoms with Gasteiger partial charge in [0, 0.05) is 16.9 Å². The second-order valence-corrected chi connectivity index (χ2v) is 5.51. The van der Waals surface area contributed by atoms with Crippen molar-refractivity contribution >= 4 is 23.2 Å². The van der Waals surface area contributed by atoms with Crippen LogP contribution < -0.4 is 10.1 Å². The number of carbonyl (C=O) groups excluding carboxylic acids is 1. The molecule has 5 nitrogen and oxygen atoms in total. The lowest BCUT2D eigenvalue weighted by atomic mass is 10.2. The number of nitrogens with one attached hydrogen (secondary N) is 1. The normalized spacial score (nSPS) is 10.2. The van der Waals surface area contributed by atoms with Crippen LogP contribution in [-0.4, -0.2) is 15.9 Å². The highest BCUT2D eigenvalue weighted by molar-refractivity contribution is 6.30. The molecule has 2 aromatic carbocycles. The van der Waals surface area contributed by atoms with Gasteiger partial charge in [-0.25, -0.2) is 9.97 Å². The Bertz CT molecular complexity index is 869. The van der Waals surface area contributed by atoms with Crippen LogP contribution in [0, 0.1) is 6.92 Å². The van der Waals surface area contributed by atoms with Gasteiger partial charge in [-0.1, -0.05) is 35.9 Å². The first-order valence-corrected chi connectivity index (χ1v) is 7.61. The Kier molecular flexibility index (Phi) is 4.72. The molecular weight excluding hydrogens is 326 g/mol. The molecule has 0 saturated carbocycles. The first kappa shape index (κ1) is 16.0. The standard InChI is InChI=1S/C18H14ClN3O2/c1-12-7-8-13(19)9-16(12)24-18-15(10-20-11-21-18)17(23)22-14-5-3-2-4-6-14/h2-11H,1H3,(H,22,23). The van der Waals surface area contributed by atoms with Crippen LogP contribution in [0.4, 0.5) is 5.69 Å². The highest BCUT2D eigenvalue weighted by atomic mass is 35.5. The maximum Gasteiger partial charge on any atom is 0.262 e. The number of aromatic nitrogens is 2. The number of amides is 1. The van der Waals surface area contributed by atoms with E-state index in [1.165, 1.54) is 12.5 Å². The lowest BCUT2D eigenvalue weighted by Crippen LogP contribution is -2.14. The van der Waals surface area contributed by atoms with Crippen molar-refractivity contribution in [2.45, 2.75) is 6.92 Å². The van der Waals surface area contributed by atoms with Crippen LogP contribution in [0.3, 0.4) is 0 Å². The Morgan fingerprint density at radius 3 is 2.75 bits per heavy atom. The third kappa shape index (κ3) is 3.70. The van der Waals surface area contributed by atoms with Gasteiger partial charge in [-0.05, 0) is 36.8 Å². The Balaban J connectivity index is 1.88. The van der Waals surface area contributed by atoms with Gasteiger partial charge in [0.05, 0.1) is 0 Å². The minimum Gasteiger partial charge on any atom is -0.438 e. The number of benzene rings is 2. The van der Waals surface area contributed by atoms with Crippen molar-refractivity contribution in [3.8, 4) is 11.6 Å². The van der Waals surface area contributed by atoms with Crippen LogP contribution in [0.1, 0.15) is 15.9 Å². The van der Waals surface area contributed by atoms with Crippen LogP contribution in [0.5, 0.6) is 11.6 Å². The van der Waals surface area contributed by atoms with E-state index in [1.807, 2.05) is 31.2 Å². The van der Waals surface area contributed by atoms with Gasteiger partial charge in [0.1, 0.15) is 17.6 Å². The van der Waals surface area contributed by atoms with Gasteiger partial charge in [0.25, 0.3) is 5.91 Å². The summed E-state index contributed by atoms with van der Waals surface area (Å²) in [4.78, 5) is 20.5. The lowest BCUT2D eigenvalue weighted by Gasteiger charge is -2.11. The topological polar surface area (TPSA) is 64.1 Å². The van der Waals surface area contributed by atoms with Crippen LogP contribution in [0.25, 0.3) is 0 Å². The van der Waals surface area contributed by atoms with E-state index in [4.69, 9.17) is 16.3 Å². The summed E-state index contributed by atoms with van der Waals surface area (Å²) in [6, 6.07) is 14.4. The molecule has 1 amide bonds. The van der Waals surface area contributed by atoms with E-state index in [2.05, 4.69) is 15.3 Å². The molecule has 0 unspecified atom stereocenters. The molecular formula is C18H14ClN3O2. The first-order chi connectivity index (χ1) is 11.6. The van der Waals surface area contributed by atoms with E-state index in [1.54, 1.807) is 24.3 Å². The Morgan fingerprint density at radius 1 is 1.17 bits per heavy atom. The van der Waals surface area contributed by atoms with Crippen LogP contribution in [-0.2, 0) is 0 Å². The summed E-state index contributed by atoms with van der Waals surface area (Å²) in [6.45, 7) is 1.89. The van der Waals surface area contributed by atoms with Gasteiger partial charge in [0.2, 0.25) is 5.88 Å². The van der Waals surface area contributed by atoms with Crippen molar-refractivity contribution in [2.75, 3.05) is 5.32 Å². The number of halogens is 1. The molecule has 0 saturated heterocycles. The third-order valence-electron chi connectivity index (χ3n) is 3.31. The summed E-state index contributed by atoms with van der Waals surface area (Å²) in [5.41, 5.74) is 1.80. The number of rotatable bonds is 4. The summed E-state index contributed by atoms with van der Waals surface area (Å²) in [6.07, 6.45) is 2.75. The zero-order chi connectivity index (χ0) is 16.9. The quantitative estimate of drug-likeness (QED) is 0.761. The number of carbonyl (C=O) groups is 1. The fourth-order valence-electron chi connectivity index (χ4n) is 2.06. The van der Waals surface area contributed by atoms with Gasteiger partial charge < -0.3 is 10.1 Å². The summed E-state index contributed by atoms with van der Waals surface area (Å²) in [5, 5.41) is 3.33. The van der Waals surface area contributed by atoms with Gasteiger partial charge in [-0.2, -0.15) is 0 Å². The fourth-order valence-corrected chi connectivity index (χ4v) is 2.23. The Hall–Kier alpha value is -2.92. The third-order valence-corrected chi connectivity index (χ3v) is 3.54. The van der Waals surface area contributed by atoms with Crippen LogP contribution in [0.2, 0.25) is 5.02 Å². The van der Waals surface area contributed by atoms with Crippen molar-refractivity contribution in [2.24, 2.45) is 0 Å². The fraction of sp³-hybridized carbons (Fsp3) is 0.0556. The van der Waals surface area contributed by atoms with Gasteiger partial charge in [-0.3, -0.25) is 4.79 Å². The molecule has 24 heavy (non-hydrogen) atoms. The maximum atomic E-state index is 12.5. The predicted molar refractivity (Wildman–Crippen MR) is 92.7 cm³/mol. The van der Waals surface area contributed by atoms with Gasteiger partial charge in [0.15, 0.2) is 0 Å². The largest absolute Gasteiger partial charge is 0.438 e. The zero-order valence-electron chi connectivity index (χ0n) is 12.9. The number of nitrogens with zero attached hydrogens (tertiary/aromatic N) is 2. The SMILES string of the molecule is Cc1ccc(Cl)cc1Oc1ncncc1C(=O)Nc1ccccc1. The number of hydrogen-bond acceptors (Lipinski definition) is 4. The number of para-hydroxylation sites is 1. The molecule has 1 N–H and O–H groups in total. The van der Waals surface area contributed by atoms with E-state index < -0.39 is 0 Å². The van der Waals surface area contributed by atoms with Crippen molar-refractivity contribution in [3.63, 3.8) is 0 Å². The molecule has 120 valence electrons.